The van der Waals surface area contributed by atoms with Crippen molar-refractivity contribution in [1.29, 1.82) is 0 Å². The Morgan fingerprint density at radius 2 is 1.85 bits per heavy atom. The number of ether oxygens (including phenoxy) is 1. The first-order valence-electron chi connectivity index (χ1n) is 9.26. The van der Waals surface area contributed by atoms with Crippen LogP contribution in [0.2, 0.25) is 0 Å². The summed E-state index contributed by atoms with van der Waals surface area (Å²) in [5.74, 6) is -0.200. The molecule has 1 aliphatic rings. The standard InChI is InChI=1S/C21H25N3O3/c1-2-16-6-5-7-17(14-16)23-20(25)15-22-19-9-4-3-8-18(19)21(26)24-10-12-27-13-11-24/h3-9,14,22H,2,10-13,15H2,1H3,(H,23,25). The Kier molecular flexibility index (Phi) is 6.44. The molecule has 3 rings (SSSR count). The number of nitrogens with one attached hydrogen (secondary N) is 2. The number of rotatable bonds is 6. The quantitative estimate of drug-likeness (QED) is 0.824. The first kappa shape index (κ1) is 18.9. The summed E-state index contributed by atoms with van der Waals surface area (Å²) in [6.45, 7) is 4.44. The number of carbonyl (C=O) groups is 2. The van der Waals surface area contributed by atoms with Crippen molar-refractivity contribution in [3.05, 3.63) is 59.7 Å². The van der Waals surface area contributed by atoms with Gasteiger partial charge in [-0.2, -0.15) is 0 Å². The Morgan fingerprint density at radius 1 is 1.07 bits per heavy atom. The van der Waals surface area contributed by atoms with Crippen molar-refractivity contribution in [2.45, 2.75) is 13.3 Å². The molecule has 0 unspecified atom stereocenters. The Labute approximate surface area is 159 Å². The van der Waals surface area contributed by atoms with Gasteiger partial charge in [-0.1, -0.05) is 31.2 Å². The van der Waals surface area contributed by atoms with Gasteiger partial charge in [0, 0.05) is 24.5 Å². The van der Waals surface area contributed by atoms with Gasteiger partial charge in [-0.05, 0) is 36.2 Å². The second-order valence-electron chi connectivity index (χ2n) is 6.41. The summed E-state index contributed by atoms with van der Waals surface area (Å²) in [6.07, 6.45) is 0.916. The highest BCUT2D eigenvalue weighted by atomic mass is 16.5. The Morgan fingerprint density at radius 3 is 2.63 bits per heavy atom. The first-order valence-corrected chi connectivity index (χ1v) is 9.26. The fraction of sp³-hybridized carbons (Fsp3) is 0.333. The minimum atomic E-state index is -0.156. The molecular weight excluding hydrogens is 342 g/mol. The zero-order valence-corrected chi connectivity index (χ0v) is 15.5. The number of hydrogen-bond donors (Lipinski definition) is 2. The lowest BCUT2D eigenvalue weighted by molar-refractivity contribution is -0.114. The second kappa shape index (κ2) is 9.19. The smallest absolute Gasteiger partial charge is 0.256 e. The van der Waals surface area contributed by atoms with Gasteiger partial charge in [0.1, 0.15) is 0 Å². The predicted molar refractivity (Wildman–Crippen MR) is 106 cm³/mol. The van der Waals surface area contributed by atoms with Crippen LogP contribution in [0.4, 0.5) is 11.4 Å². The third kappa shape index (κ3) is 5.08. The molecule has 0 radical (unpaired) electrons. The number of nitrogens with zero attached hydrogens (tertiary/aromatic N) is 1. The van der Waals surface area contributed by atoms with Crippen LogP contribution in [-0.4, -0.2) is 49.6 Å². The molecule has 0 saturated carbocycles. The maximum absolute atomic E-state index is 12.8. The molecule has 0 spiro atoms. The van der Waals surface area contributed by atoms with Gasteiger partial charge in [-0.15, -0.1) is 0 Å². The van der Waals surface area contributed by atoms with E-state index < -0.39 is 0 Å². The van der Waals surface area contributed by atoms with Crippen LogP contribution < -0.4 is 10.6 Å². The van der Waals surface area contributed by atoms with Crippen molar-refractivity contribution in [3.8, 4) is 0 Å². The predicted octanol–water partition coefficient (Wildman–Crippen LogP) is 2.77. The number of amides is 2. The lowest BCUT2D eigenvalue weighted by atomic mass is 10.1. The van der Waals surface area contributed by atoms with E-state index in [1.807, 2.05) is 42.5 Å². The SMILES string of the molecule is CCc1cccc(NC(=O)CNc2ccccc2C(=O)N2CCOCC2)c1. The minimum Gasteiger partial charge on any atom is -0.378 e. The van der Waals surface area contributed by atoms with Crippen LogP contribution >= 0.6 is 0 Å². The van der Waals surface area contributed by atoms with Crippen LogP contribution in [0.25, 0.3) is 0 Å². The average Bonchev–Trinajstić information content (AvgIpc) is 2.72. The van der Waals surface area contributed by atoms with E-state index in [1.165, 1.54) is 5.56 Å². The average molecular weight is 367 g/mol. The fourth-order valence-electron chi connectivity index (χ4n) is 3.01. The maximum atomic E-state index is 12.8. The Hall–Kier alpha value is -2.86. The van der Waals surface area contributed by atoms with Crippen LogP contribution in [0.1, 0.15) is 22.8 Å². The molecule has 0 bridgehead atoms. The monoisotopic (exact) mass is 367 g/mol. The lowest BCUT2D eigenvalue weighted by Gasteiger charge is -2.27. The zero-order valence-electron chi connectivity index (χ0n) is 15.5. The van der Waals surface area contributed by atoms with Crippen molar-refractivity contribution in [2.75, 3.05) is 43.5 Å². The molecule has 0 aliphatic carbocycles. The number of benzene rings is 2. The highest BCUT2D eigenvalue weighted by Gasteiger charge is 2.20. The van der Waals surface area contributed by atoms with Crippen molar-refractivity contribution in [1.82, 2.24) is 4.90 Å². The van der Waals surface area contributed by atoms with E-state index in [-0.39, 0.29) is 18.4 Å². The van der Waals surface area contributed by atoms with E-state index in [0.717, 1.165) is 12.1 Å². The van der Waals surface area contributed by atoms with E-state index >= 15 is 0 Å². The number of aryl methyl sites for hydroxylation is 1. The summed E-state index contributed by atoms with van der Waals surface area (Å²) in [5, 5.41) is 5.98. The maximum Gasteiger partial charge on any atom is 0.256 e. The second-order valence-corrected chi connectivity index (χ2v) is 6.41. The van der Waals surface area contributed by atoms with E-state index in [4.69, 9.17) is 4.74 Å². The van der Waals surface area contributed by atoms with E-state index in [9.17, 15) is 9.59 Å². The highest BCUT2D eigenvalue weighted by Crippen LogP contribution is 2.18. The Balaban J connectivity index is 1.62. The summed E-state index contributed by atoms with van der Waals surface area (Å²) in [6, 6.07) is 15.1. The van der Waals surface area contributed by atoms with Gasteiger partial charge in [0.05, 0.1) is 25.3 Å². The van der Waals surface area contributed by atoms with Crippen molar-refractivity contribution in [3.63, 3.8) is 0 Å². The fourth-order valence-corrected chi connectivity index (χ4v) is 3.01. The third-order valence-corrected chi connectivity index (χ3v) is 4.51. The largest absolute Gasteiger partial charge is 0.378 e. The van der Waals surface area contributed by atoms with E-state index in [1.54, 1.807) is 11.0 Å². The van der Waals surface area contributed by atoms with Crippen molar-refractivity contribution >= 4 is 23.2 Å². The molecule has 1 fully saturated rings. The van der Waals surface area contributed by atoms with Crippen LogP contribution in [0.15, 0.2) is 48.5 Å². The van der Waals surface area contributed by atoms with Gasteiger partial charge in [0.25, 0.3) is 5.91 Å². The molecule has 1 aliphatic heterocycles. The zero-order chi connectivity index (χ0) is 19.1. The topological polar surface area (TPSA) is 70.7 Å². The number of carbonyl (C=O) groups excluding carboxylic acids is 2. The van der Waals surface area contributed by atoms with Crippen LogP contribution in [0.3, 0.4) is 0 Å². The molecule has 142 valence electrons. The van der Waals surface area contributed by atoms with Crippen molar-refractivity contribution < 1.29 is 14.3 Å². The molecule has 6 nitrogen and oxygen atoms in total. The summed E-state index contributed by atoms with van der Waals surface area (Å²) >= 11 is 0. The van der Waals surface area contributed by atoms with Gasteiger partial charge in [0.2, 0.25) is 5.91 Å². The molecule has 0 atom stereocenters. The molecule has 0 aromatic heterocycles. The molecule has 2 amide bonds. The highest BCUT2D eigenvalue weighted by molar-refractivity contribution is 6.01. The summed E-state index contributed by atoms with van der Waals surface area (Å²) in [7, 11) is 0. The third-order valence-electron chi connectivity index (χ3n) is 4.51. The number of para-hydroxylation sites is 1. The molecular formula is C21H25N3O3. The summed E-state index contributed by atoms with van der Waals surface area (Å²) in [5.41, 5.74) is 3.17. The van der Waals surface area contributed by atoms with Crippen LogP contribution in [0, 0.1) is 0 Å². The van der Waals surface area contributed by atoms with Gasteiger partial charge < -0.3 is 20.3 Å². The molecule has 1 heterocycles. The number of anilines is 2. The van der Waals surface area contributed by atoms with E-state index in [2.05, 4.69) is 17.6 Å². The van der Waals surface area contributed by atoms with Gasteiger partial charge in [0.15, 0.2) is 0 Å². The van der Waals surface area contributed by atoms with Crippen LogP contribution in [-0.2, 0) is 16.0 Å². The van der Waals surface area contributed by atoms with Gasteiger partial charge >= 0.3 is 0 Å². The molecule has 2 aromatic rings. The minimum absolute atomic E-state index is 0.0440. The normalized spacial score (nSPS) is 13.9. The van der Waals surface area contributed by atoms with Crippen LogP contribution in [0.5, 0.6) is 0 Å². The first-order chi connectivity index (χ1) is 13.2. The molecule has 2 aromatic carbocycles. The molecule has 6 heteroatoms. The molecule has 27 heavy (non-hydrogen) atoms. The van der Waals surface area contributed by atoms with Gasteiger partial charge in [-0.25, -0.2) is 0 Å². The van der Waals surface area contributed by atoms with Crippen molar-refractivity contribution in [2.24, 2.45) is 0 Å². The lowest BCUT2D eigenvalue weighted by Crippen LogP contribution is -2.41. The summed E-state index contributed by atoms with van der Waals surface area (Å²) < 4.78 is 5.31. The molecule has 1 saturated heterocycles. The molecule has 2 N–H and O–H groups in total. The number of morpholine rings is 1. The van der Waals surface area contributed by atoms with E-state index in [0.29, 0.717) is 37.6 Å². The summed E-state index contributed by atoms with van der Waals surface area (Å²) in [4.78, 5) is 26.8. The van der Waals surface area contributed by atoms with Gasteiger partial charge in [-0.3, -0.25) is 9.59 Å². The number of hydrogen-bond acceptors (Lipinski definition) is 4. The Bertz CT molecular complexity index is 801.